The second kappa shape index (κ2) is 14.0. The molecule has 5 aromatic rings. The van der Waals surface area contributed by atoms with Crippen molar-refractivity contribution in [1.29, 1.82) is 0 Å². The lowest BCUT2D eigenvalue weighted by molar-refractivity contribution is 1.21. The molecule has 0 atom stereocenters. The standard InChI is InChI=1S/C20H19N.C18H16S/c1-4-9-17(10-5-2)18-13-15-20(16-14-18)21(3)19-11-7-6-8-12-19;1-3-8-13(4-2)14-10-7-11-16-15-9-5-6-12-17(15)19-18(14)16/h1,5-16H,2-3H3;3-12H,1-2H3/b10-5-,17-9+;8-3-,13-4+. The van der Waals surface area contributed by atoms with Gasteiger partial charge < -0.3 is 4.90 Å². The average molecular weight is 538 g/mol. The summed E-state index contributed by atoms with van der Waals surface area (Å²) in [7, 11) is 2.06. The fraction of sp³-hybridized carbons (Fsp3) is 0.105. The first kappa shape index (κ1) is 28.4. The fourth-order valence-electron chi connectivity index (χ4n) is 4.67. The SMILES string of the molecule is C#C/C=C(\C=C/C)c1ccc(N(C)c2ccccc2)cc1.C/C=C\C(=C/C)c1cccc2c1sc1ccccc12. The van der Waals surface area contributed by atoms with Crippen LogP contribution in [0.25, 0.3) is 31.3 Å². The van der Waals surface area contributed by atoms with Crippen LogP contribution in [0.5, 0.6) is 0 Å². The summed E-state index contributed by atoms with van der Waals surface area (Å²) < 4.78 is 2.75. The highest BCUT2D eigenvalue weighted by molar-refractivity contribution is 7.26. The average Bonchev–Trinajstić information content (AvgIpc) is 3.39. The minimum absolute atomic E-state index is 1.05. The van der Waals surface area contributed by atoms with Crippen molar-refractivity contribution in [3.63, 3.8) is 0 Å². The second-order valence-corrected chi connectivity index (χ2v) is 10.3. The molecule has 0 aliphatic carbocycles. The number of hydrogen-bond acceptors (Lipinski definition) is 2. The Morgan fingerprint density at radius 3 is 2.00 bits per heavy atom. The highest BCUT2D eigenvalue weighted by Crippen LogP contribution is 2.38. The number of fused-ring (bicyclic) bond motifs is 3. The molecular formula is C38H35NS. The van der Waals surface area contributed by atoms with Crippen molar-refractivity contribution in [3.8, 4) is 12.3 Å². The van der Waals surface area contributed by atoms with Crippen molar-refractivity contribution < 1.29 is 0 Å². The molecule has 0 amide bonds. The van der Waals surface area contributed by atoms with Gasteiger partial charge in [0.05, 0.1) is 0 Å². The molecule has 0 aliphatic heterocycles. The monoisotopic (exact) mass is 537 g/mol. The summed E-state index contributed by atoms with van der Waals surface area (Å²) in [5.41, 5.74) is 7.10. The maximum atomic E-state index is 5.38. The molecule has 0 bridgehead atoms. The lowest BCUT2D eigenvalue weighted by atomic mass is 10.0. The number of allylic oxidation sites excluding steroid dienone is 8. The van der Waals surface area contributed by atoms with E-state index in [2.05, 4.69) is 129 Å². The molecule has 2 heteroatoms. The molecule has 0 fully saturated rings. The zero-order valence-corrected chi connectivity index (χ0v) is 24.5. The predicted molar refractivity (Wildman–Crippen MR) is 180 cm³/mol. The summed E-state index contributed by atoms with van der Waals surface area (Å²) in [4.78, 5) is 2.16. The van der Waals surface area contributed by atoms with Crippen LogP contribution in [0, 0.1) is 12.3 Å². The van der Waals surface area contributed by atoms with Gasteiger partial charge in [-0.05, 0) is 79.5 Å². The van der Waals surface area contributed by atoms with E-state index in [4.69, 9.17) is 6.42 Å². The fourth-order valence-corrected chi connectivity index (χ4v) is 5.91. The predicted octanol–water partition coefficient (Wildman–Crippen LogP) is 11.1. The van der Waals surface area contributed by atoms with Crippen LogP contribution in [0.15, 0.2) is 134 Å². The van der Waals surface area contributed by atoms with Crippen molar-refractivity contribution >= 4 is 54.0 Å². The van der Waals surface area contributed by atoms with E-state index in [1.807, 2.05) is 48.6 Å². The van der Waals surface area contributed by atoms with Gasteiger partial charge in [0.2, 0.25) is 0 Å². The van der Waals surface area contributed by atoms with Crippen LogP contribution in [0.2, 0.25) is 0 Å². The number of para-hydroxylation sites is 1. The van der Waals surface area contributed by atoms with Gasteiger partial charge >= 0.3 is 0 Å². The van der Waals surface area contributed by atoms with Gasteiger partial charge in [-0.2, -0.15) is 0 Å². The highest BCUT2D eigenvalue weighted by atomic mass is 32.1. The second-order valence-electron chi connectivity index (χ2n) is 9.23. The van der Waals surface area contributed by atoms with Crippen LogP contribution >= 0.6 is 11.3 Å². The summed E-state index contributed by atoms with van der Waals surface area (Å²) in [6, 6.07) is 33.9. The summed E-state index contributed by atoms with van der Waals surface area (Å²) in [6.07, 6.45) is 17.6. The van der Waals surface area contributed by atoms with Gasteiger partial charge in [-0.3, -0.25) is 0 Å². The van der Waals surface area contributed by atoms with Gasteiger partial charge in [0, 0.05) is 38.6 Å². The first-order valence-electron chi connectivity index (χ1n) is 13.5. The maximum absolute atomic E-state index is 5.38. The molecule has 0 saturated carbocycles. The molecule has 40 heavy (non-hydrogen) atoms. The Morgan fingerprint density at radius 1 is 0.700 bits per heavy atom. The van der Waals surface area contributed by atoms with E-state index in [9.17, 15) is 0 Å². The van der Waals surface area contributed by atoms with Gasteiger partial charge in [-0.15, -0.1) is 17.8 Å². The molecule has 1 heterocycles. The first-order valence-corrected chi connectivity index (χ1v) is 14.3. The van der Waals surface area contributed by atoms with Crippen LogP contribution in [0.3, 0.4) is 0 Å². The lowest BCUT2D eigenvalue weighted by Gasteiger charge is -2.19. The molecule has 4 aromatic carbocycles. The molecule has 0 spiro atoms. The topological polar surface area (TPSA) is 3.24 Å². The first-order chi connectivity index (χ1) is 19.6. The van der Waals surface area contributed by atoms with Crippen LogP contribution in [0.1, 0.15) is 31.9 Å². The minimum Gasteiger partial charge on any atom is -0.345 e. The molecule has 0 saturated heterocycles. The van der Waals surface area contributed by atoms with Gasteiger partial charge in [0.15, 0.2) is 0 Å². The molecule has 5 rings (SSSR count). The highest BCUT2D eigenvalue weighted by Gasteiger charge is 2.09. The lowest BCUT2D eigenvalue weighted by Crippen LogP contribution is -2.08. The molecule has 1 aromatic heterocycles. The number of nitrogens with zero attached hydrogens (tertiary/aromatic N) is 1. The number of rotatable bonds is 6. The van der Waals surface area contributed by atoms with Crippen LogP contribution in [0.4, 0.5) is 11.4 Å². The summed E-state index contributed by atoms with van der Waals surface area (Å²) in [6.45, 7) is 6.15. The quantitative estimate of drug-likeness (QED) is 0.154. The van der Waals surface area contributed by atoms with E-state index in [-0.39, 0.29) is 0 Å². The van der Waals surface area contributed by atoms with E-state index in [0.717, 1.165) is 22.5 Å². The smallest absolute Gasteiger partial charge is 0.0433 e. The normalized spacial score (nSPS) is 12.1. The zero-order chi connectivity index (χ0) is 28.3. The van der Waals surface area contributed by atoms with Crippen molar-refractivity contribution in [2.45, 2.75) is 20.8 Å². The van der Waals surface area contributed by atoms with Crippen molar-refractivity contribution in [1.82, 2.24) is 0 Å². The molecule has 1 nitrogen and oxygen atoms in total. The van der Waals surface area contributed by atoms with Gasteiger partial charge in [0.25, 0.3) is 0 Å². The third kappa shape index (κ3) is 6.52. The number of thiophene rings is 1. The summed E-state index contributed by atoms with van der Waals surface area (Å²) in [5, 5.41) is 2.72. The Kier molecular flexibility index (Phi) is 9.94. The van der Waals surface area contributed by atoms with Crippen LogP contribution in [-0.4, -0.2) is 7.05 Å². The van der Waals surface area contributed by atoms with E-state index < -0.39 is 0 Å². The third-order valence-electron chi connectivity index (χ3n) is 6.69. The van der Waals surface area contributed by atoms with Crippen LogP contribution < -0.4 is 4.90 Å². The third-order valence-corrected chi connectivity index (χ3v) is 7.91. The molecule has 0 unspecified atom stereocenters. The Balaban J connectivity index is 0.000000186. The zero-order valence-electron chi connectivity index (χ0n) is 23.6. The summed E-state index contributed by atoms with van der Waals surface area (Å²) >= 11 is 1.88. The van der Waals surface area contributed by atoms with E-state index in [1.165, 1.54) is 31.3 Å². The Morgan fingerprint density at radius 2 is 1.32 bits per heavy atom. The van der Waals surface area contributed by atoms with E-state index >= 15 is 0 Å². The Labute approximate surface area is 243 Å². The van der Waals surface area contributed by atoms with Gasteiger partial charge in [0.1, 0.15) is 0 Å². The Hall–Kier alpha value is -4.58. The van der Waals surface area contributed by atoms with Crippen molar-refractivity contribution in [3.05, 3.63) is 145 Å². The number of benzene rings is 4. The molecule has 0 N–H and O–H groups in total. The molecule has 0 aliphatic rings. The number of hydrogen-bond donors (Lipinski definition) is 0. The molecular weight excluding hydrogens is 502 g/mol. The maximum Gasteiger partial charge on any atom is 0.0433 e. The molecule has 198 valence electrons. The van der Waals surface area contributed by atoms with Crippen molar-refractivity contribution in [2.24, 2.45) is 0 Å². The Bertz CT molecular complexity index is 1720. The minimum atomic E-state index is 1.05. The van der Waals surface area contributed by atoms with Crippen LogP contribution in [-0.2, 0) is 0 Å². The van der Waals surface area contributed by atoms with Gasteiger partial charge in [-0.25, -0.2) is 0 Å². The number of anilines is 2. The molecule has 0 radical (unpaired) electrons. The van der Waals surface area contributed by atoms with Gasteiger partial charge in [-0.1, -0.05) is 103 Å². The largest absolute Gasteiger partial charge is 0.345 e. The van der Waals surface area contributed by atoms with E-state index in [1.54, 1.807) is 6.08 Å². The number of terminal acetylenes is 1. The summed E-state index contributed by atoms with van der Waals surface area (Å²) in [5.74, 6) is 2.59. The van der Waals surface area contributed by atoms with Crippen molar-refractivity contribution in [2.75, 3.05) is 11.9 Å². The van der Waals surface area contributed by atoms with E-state index in [0.29, 0.717) is 0 Å².